The first-order valence-corrected chi connectivity index (χ1v) is 4.56. The van der Waals surface area contributed by atoms with Crippen LogP contribution >= 0.6 is 0 Å². The largest absolute Gasteiger partial charge is 0.442 e. The molecule has 0 saturated heterocycles. The van der Waals surface area contributed by atoms with Crippen LogP contribution in [0.2, 0.25) is 0 Å². The molecule has 4 heteroatoms. The van der Waals surface area contributed by atoms with Crippen molar-refractivity contribution in [1.82, 2.24) is 9.78 Å². The van der Waals surface area contributed by atoms with Crippen LogP contribution in [-0.4, -0.2) is 21.5 Å². The molecule has 14 heavy (non-hydrogen) atoms. The Morgan fingerprint density at radius 3 is 2.36 bits per heavy atom. The summed E-state index contributed by atoms with van der Waals surface area (Å²) < 4.78 is 6.46. The first-order chi connectivity index (χ1) is 6.31. The fourth-order valence-corrected chi connectivity index (χ4v) is 0.981. The van der Waals surface area contributed by atoms with E-state index in [9.17, 15) is 4.79 Å². The molecular weight excluding hydrogens is 180 g/mol. The number of aromatic nitrogens is 2. The Labute approximate surface area is 83.9 Å². The maximum Gasteiger partial charge on any atom is 0.435 e. The molecule has 0 aromatic carbocycles. The highest BCUT2D eigenvalue weighted by Gasteiger charge is 2.19. The van der Waals surface area contributed by atoms with E-state index in [0.717, 1.165) is 11.3 Å². The van der Waals surface area contributed by atoms with Gasteiger partial charge in [-0.3, -0.25) is 0 Å². The van der Waals surface area contributed by atoms with E-state index in [-0.39, 0.29) is 0 Å². The van der Waals surface area contributed by atoms with Crippen molar-refractivity contribution in [3.05, 3.63) is 17.5 Å². The number of ether oxygens (including phenoxy) is 1. The van der Waals surface area contributed by atoms with Gasteiger partial charge >= 0.3 is 6.09 Å². The maximum absolute atomic E-state index is 11.6. The monoisotopic (exact) mass is 196 g/mol. The molecule has 0 radical (unpaired) electrons. The topological polar surface area (TPSA) is 44.1 Å². The summed E-state index contributed by atoms with van der Waals surface area (Å²) in [6.45, 7) is 9.24. The minimum absolute atomic E-state index is 0.428. The summed E-state index contributed by atoms with van der Waals surface area (Å²) in [6, 6.07) is 0. The lowest BCUT2D eigenvalue weighted by Crippen LogP contribution is -2.28. The molecule has 0 fully saturated rings. The van der Waals surface area contributed by atoms with Gasteiger partial charge in [-0.1, -0.05) is 0 Å². The molecule has 0 aliphatic heterocycles. The summed E-state index contributed by atoms with van der Waals surface area (Å²) in [4.78, 5) is 11.6. The second-order valence-corrected chi connectivity index (χ2v) is 4.31. The van der Waals surface area contributed by atoms with E-state index in [2.05, 4.69) is 5.10 Å². The van der Waals surface area contributed by atoms with Gasteiger partial charge in [0.05, 0.1) is 11.9 Å². The van der Waals surface area contributed by atoms with E-state index in [4.69, 9.17) is 4.74 Å². The van der Waals surface area contributed by atoms with Crippen LogP contribution in [0.15, 0.2) is 6.20 Å². The molecule has 0 spiro atoms. The zero-order valence-electron chi connectivity index (χ0n) is 9.29. The molecule has 0 amide bonds. The van der Waals surface area contributed by atoms with E-state index in [0.29, 0.717) is 0 Å². The second kappa shape index (κ2) is 3.44. The molecule has 1 rings (SSSR count). The van der Waals surface area contributed by atoms with Crippen LogP contribution in [0.25, 0.3) is 0 Å². The molecule has 0 atom stereocenters. The van der Waals surface area contributed by atoms with Gasteiger partial charge in [0.1, 0.15) is 5.60 Å². The van der Waals surface area contributed by atoms with E-state index in [1.807, 2.05) is 34.6 Å². The molecule has 1 aromatic heterocycles. The summed E-state index contributed by atoms with van der Waals surface area (Å²) in [7, 11) is 0. The highest BCUT2D eigenvalue weighted by molar-refractivity contribution is 5.70. The minimum atomic E-state index is -0.483. The maximum atomic E-state index is 11.6. The number of nitrogens with zero attached hydrogens (tertiary/aromatic N) is 2. The molecule has 1 heterocycles. The summed E-state index contributed by atoms with van der Waals surface area (Å²) in [5, 5.41) is 3.94. The molecule has 0 aliphatic carbocycles. The number of aryl methyl sites for hydroxylation is 1. The Bertz CT molecular complexity index is 347. The summed E-state index contributed by atoms with van der Waals surface area (Å²) in [5.74, 6) is 0. The van der Waals surface area contributed by atoms with E-state index in [1.165, 1.54) is 4.68 Å². The van der Waals surface area contributed by atoms with Crippen molar-refractivity contribution < 1.29 is 9.53 Å². The average Bonchev–Trinajstić information content (AvgIpc) is 2.29. The van der Waals surface area contributed by atoms with Crippen molar-refractivity contribution in [2.75, 3.05) is 0 Å². The first-order valence-electron chi connectivity index (χ1n) is 4.56. The Balaban J connectivity index is 2.86. The molecule has 4 nitrogen and oxygen atoms in total. The predicted octanol–water partition coefficient (Wildman–Crippen LogP) is 2.28. The smallest absolute Gasteiger partial charge is 0.435 e. The fraction of sp³-hybridized carbons (Fsp3) is 0.600. The van der Waals surface area contributed by atoms with E-state index in [1.54, 1.807) is 6.20 Å². The van der Waals surface area contributed by atoms with Crippen molar-refractivity contribution in [1.29, 1.82) is 0 Å². The predicted molar refractivity (Wildman–Crippen MR) is 53.3 cm³/mol. The number of rotatable bonds is 0. The van der Waals surface area contributed by atoms with Crippen molar-refractivity contribution in [3.8, 4) is 0 Å². The third kappa shape index (κ3) is 2.34. The Morgan fingerprint density at radius 1 is 1.43 bits per heavy atom. The van der Waals surface area contributed by atoms with Crippen LogP contribution in [0, 0.1) is 13.8 Å². The zero-order valence-corrected chi connectivity index (χ0v) is 9.29. The number of hydrogen-bond acceptors (Lipinski definition) is 3. The summed E-state index contributed by atoms with van der Waals surface area (Å²) in [6.07, 6.45) is 1.22. The van der Waals surface area contributed by atoms with Gasteiger partial charge in [0.2, 0.25) is 0 Å². The minimum Gasteiger partial charge on any atom is -0.442 e. The highest BCUT2D eigenvalue weighted by atomic mass is 16.6. The zero-order chi connectivity index (χ0) is 10.9. The summed E-state index contributed by atoms with van der Waals surface area (Å²) >= 11 is 0. The Morgan fingerprint density at radius 2 is 2.00 bits per heavy atom. The van der Waals surface area contributed by atoms with Crippen molar-refractivity contribution in [2.24, 2.45) is 0 Å². The number of carbonyl (C=O) groups excluding carboxylic acids is 1. The Hall–Kier alpha value is -1.32. The van der Waals surface area contributed by atoms with Gasteiger partial charge in [-0.25, -0.2) is 4.79 Å². The van der Waals surface area contributed by atoms with Gasteiger partial charge in [0.25, 0.3) is 0 Å². The molecule has 0 N–H and O–H groups in total. The SMILES string of the molecule is Cc1cnn(C(=O)OC(C)(C)C)c1C. The average molecular weight is 196 g/mol. The van der Waals surface area contributed by atoms with Crippen LogP contribution in [0.4, 0.5) is 4.79 Å². The molecule has 0 bridgehead atoms. The van der Waals surface area contributed by atoms with Gasteiger partial charge in [0, 0.05) is 0 Å². The fourth-order valence-electron chi connectivity index (χ4n) is 0.981. The van der Waals surface area contributed by atoms with Crippen molar-refractivity contribution >= 4 is 6.09 Å². The lowest BCUT2D eigenvalue weighted by Gasteiger charge is -2.19. The van der Waals surface area contributed by atoms with Crippen LogP contribution < -0.4 is 0 Å². The number of carbonyl (C=O) groups is 1. The highest BCUT2D eigenvalue weighted by Crippen LogP contribution is 2.11. The Kier molecular flexibility index (Phi) is 2.64. The van der Waals surface area contributed by atoms with Gasteiger partial charge < -0.3 is 4.74 Å². The molecule has 0 saturated carbocycles. The van der Waals surface area contributed by atoms with Crippen LogP contribution in [0.1, 0.15) is 32.0 Å². The van der Waals surface area contributed by atoms with Crippen LogP contribution in [0.5, 0.6) is 0 Å². The van der Waals surface area contributed by atoms with Crippen LogP contribution in [-0.2, 0) is 4.74 Å². The van der Waals surface area contributed by atoms with E-state index >= 15 is 0 Å². The van der Waals surface area contributed by atoms with Gasteiger partial charge in [-0.15, -0.1) is 0 Å². The van der Waals surface area contributed by atoms with Gasteiger partial charge in [-0.05, 0) is 40.2 Å². The van der Waals surface area contributed by atoms with Gasteiger partial charge in [-0.2, -0.15) is 9.78 Å². The lowest BCUT2D eigenvalue weighted by molar-refractivity contribution is 0.0511. The van der Waals surface area contributed by atoms with Crippen LogP contribution in [0.3, 0.4) is 0 Å². The second-order valence-electron chi connectivity index (χ2n) is 4.31. The molecule has 78 valence electrons. The quantitative estimate of drug-likeness (QED) is 0.639. The third-order valence-electron chi connectivity index (χ3n) is 1.82. The number of hydrogen-bond donors (Lipinski definition) is 0. The molecule has 1 aromatic rings. The van der Waals surface area contributed by atoms with E-state index < -0.39 is 11.7 Å². The molecular formula is C10H16N2O2. The third-order valence-corrected chi connectivity index (χ3v) is 1.82. The van der Waals surface area contributed by atoms with Crippen molar-refractivity contribution in [3.63, 3.8) is 0 Å². The normalized spacial score (nSPS) is 11.5. The van der Waals surface area contributed by atoms with Crippen molar-refractivity contribution in [2.45, 2.75) is 40.2 Å². The molecule has 0 aliphatic rings. The first kappa shape index (κ1) is 10.8. The molecule has 0 unspecified atom stereocenters. The van der Waals surface area contributed by atoms with Gasteiger partial charge in [0.15, 0.2) is 0 Å². The summed E-state index contributed by atoms with van der Waals surface area (Å²) in [5.41, 5.74) is 1.32. The standard InChI is InChI=1S/C10H16N2O2/c1-7-6-11-12(8(7)2)9(13)14-10(3,4)5/h6H,1-5H3. The lowest BCUT2D eigenvalue weighted by atomic mass is 10.2.